The van der Waals surface area contributed by atoms with E-state index in [1.807, 2.05) is 6.92 Å². The number of ether oxygens (including phenoxy) is 4. The lowest BCUT2D eigenvalue weighted by Gasteiger charge is -2.62. The first kappa shape index (κ1) is 28.1. The van der Waals surface area contributed by atoms with Gasteiger partial charge in [-0.15, -0.1) is 0 Å². The minimum absolute atomic E-state index is 0.104. The molecule has 0 amide bonds. The number of fused-ring (bicyclic) bond motifs is 7. The van der Waals surface area contributed by atoms with Crippen LogP contribution in [0.4, 0.5) is 4.39 Å². The number of carbonyl (C=O) groups excluding carboxylic acids is 3. The van der Waals surface area contributed by atoms with E-state index in [0.717, 1.165) is 0 Å². The first-order chi connectivity index (χ1) is 18.1. The van der Waals surface area contributed by atoms with Crippen LogP contribution in [-0.4, -0.2) is 82.8 Å². The molecule has 4 aliphatic carbocycles. The molecule has 1 aliphatic heterocycles. The van der Waals surface area contributed by atoms with Crippen molar-refractivity contribution < 1.29 is 52.7 Å². The average molecular weight is 551 g/mol. The highest BCUT2D eigenvalue weighted by Gasteiger charge is 2.80. The fourth-order valence-corrected chi connectivity index (χ4v) is 8.33. The highest BCUT2D eigenvalue weighted by Crippen LogP contribution is 2.72. The molecular weight excluding hydrogens is 515 g/mol. The third kappa shape index (κ3) is 3.88. The molecule has 0 aromatic carbocycles. The van der Waals surface area contributed by atoms with Gasteiger partial charge in [-0.05, 0) is 64.5 Å². The molecule has 10 nitrogen and oxygen atoms in total. The molecule has 0 radical (unpaired) electrons. The van der Waals surface area contributed by atoms with Crippen molar-refractivity contribution in [2.24, 2.45) is 22.7 Å². The van der Waals surface area contributed by atoms with Gasteiger partial charge in [-0.25, -0.2) is 14.0 Å². The first-order valence-electron chi connectivity index (χ1n) is 13.3. The topological polar surface area (TPSA) is 146 Å². The molecule has 0 unspecified atom stereocenters. The van der Waals surface area contributed by atoms with E-state index in [1.165, 1.54) is 12.2 Å². The Balaban J connectivity index is 1.46. The quantitative estimate of drug-likeness (QED) is 0.452. The van der Waals surface area contributed by atoms with Crippen molar-refractivity contribution in [2.45, 2.75) is 82.6 Å². The van der Waals surface area contributed by atoms with Crippen LogP contribution in [0.5, 0.6) is 0 Å². The van der Waals surface area contributed by atoms with Crippen molar-refractivity contribution in [1.82, 2.24) is 0 Å². The highest BCUT2D eigenvalue weighted by molar-refractivity contribution is 6.01. The third-order valence-electron chi connectivity index (χ3n) is 9.86. The van der Waals surface area contributed by atoms with Crippen LogP contribution in [-0.2, 0) is 38.1 Å². The van der Waals surface area contributed by atoms with Gasteiger partial charge in [-0.1, -0.05) is 18.6 Å². The molecule has 4 fully saturated rings. The number of aliphatic hydroxyl groups is 1. The van der Waals surface area contributed by atoms with Gasteiger partial charge in [0.05, 0.1) is 12.2 Å². The van der Waals surface area contributed by atoms with Crippen molar-refractivity contribution in [3.63, 3.8) is 0 Å². The summed E-state index contributed by atoms with van der Waals surface area (Å²) in [5.41, 5.74) is -5.26. The molecule has 214 valence electrons. The van der Waals surface area contributed by atoms with E-state index in [-0.39, 0.29) is 12.2 Å². The van der Waals surface area contributed by atoms with Gasteiger partial charge in [0.15, 0.2) is 29.4 Å². The molecule has 0 aromatic rings. The Morgan fingerprint density at radius 2 is 1.85 bits per heavy atom. The Bertz CT molecular complexity index is 1180. The van der Waals surface area contributed by atoms with Crippen LogP contribution in [0.1, 0.15) is 53.4 Å². The number of allylic oxidation sites excluding steroid dienone is 4. The number of rotatable bonds is 7. The summed E-state index contributed by atoms with van der Waals surface area (Å²) in [6.45, 7) is 4.87. The van der Waals surface area contributed by atoms with Crippen LogP contribution in [0.2, 0.25) is 0 Å². The largest absolute Gasteiger partial charge is 0.480 e. The summed E-state index contributed by atoms with van der Waals surface area (Å²) in [6.07, 6.45) is 3.22. The zero-order valence-electron chi connectivity index (χ0n) is 22.5. The summed E-state index contributed by atoms with van der Waals surface area (Å²) in [4.78, 5) is 48.7. The van der Waals surface area contributed by atoms with Crippen LogP contribution in [0.25, 0.3) is 0 Å². The van der Waals surface area contributed by atoms with Gasteiger partial charge in [-0.3, -0.25) is 9.59 Å². The highest BCUT2D eigenvalue weighted by atomic mass is 19.1. The second kappa shape index (κ2) is 9.02. The molecule has 5 aliphatic rings. The Hall–Kier alpha value is -2.47. The second-order valence-corrected chi connectivity index (χ2v) is 12.3. The van der Waals surface area contributed by atoms with E-state index in [0.29, 0.717) is 24.8 Å². The number of aliphatic hydroxyl groups excluding tert-OH is 1. The van der Waals surface area contributed by atoms with Gasteiger partial charge in [-0.2, -0.15) is 0 Å². The minimum Gasteiger partial charge on any atom is -0.480 e. The van der Waals surface area contributed by atoms with Crippen LogP contribution < -0.4 is 0 Å². The average Bonchev–Trinajstić information content (AvgIpc) is 3.24. The lowest BCUT2D eigenvalue weighted by molar-refractivity contribution is -0.246. The number of hydrogen-bond donors (Lipinski definition) is 2. The maximum absolute atomic E-state index is 17.4. The number of Topliss-reactive ketones (excluding diaryl/α,β-unsaturated/α-hetero) is 1. The maximum Gasteiger partial charge on any atom is 0.332 e. The second-order valence-electron chi connectivity index (χ2n) is 12.3. The van der Waals surface area contributed by atoms with Gasteiger partial charge in [0.25, 0.3) is 0 Å². The Morgan fingerprint density at radius 1 is 1.13 bits per heavy atom. The van der Waals surface area contributed by atoms with Crippen molar-refractivity contribution in [3.05, 3.63) is 23.8 Å². The fraction of sp³-hybridized carbons (Fsp3) is 0.714. The molecule has 0 aromatic heterocycles. The molecule has 5 rings (SSSR count). The van der Waals surface area contributed by atoms with E-state index >= 15 is 4.39 Å². The number of carboxylic acids is 1. The molecule has 39 heavy (non-hydrogen) atoms. The smallest absolute Gasteiger partial charge is 0.332 e. The summed E-state index contributed by atoms with van der Waals surface area (Å²) in [5.74, 6) is -5.15. The number of carboxylic acid groups (broad SMARTS) is 1. The predicted molar refractivity (Wildman–Crippen MR) is 131 cm³/mol. The Kier molecular flexibility index (Phi) is 6.49. The van der Waals surface area contributed by atoms with E-state index in [4.69, 9.17) is 24.1 Å². The molecular formula is C28H35FO10. The van der Waals surface area contributed by atoms with Gasteiger partial charge in [0, 0.05) is 16.7 Å². The molecule has 2 N–H and O–H groups in total. The van der Waals surface area contributed by atoms with E-state index < -0.39 is 89.5 Å². The SMILES string of the molecule is CC1(C)O[C@@H]2C[C@H]3[C@@H]4CCC5=CC(=O)C=C[C@]5(C)[C@@]4(F)[C@@H](O)C[C@]3(C)[C@]2(C(=O)COC(=O)COCC(=O)O)O1. The van der Waals surface area contributed by atoms with Crippen LogP contribution in [0.15, 0.2) is 23.8 Å². The summed E-state index contributed by atoms with van der Waals surface area (Å²) in [7, 11) is 0. The Morgan fingerprint density at radius 3 is 2.54 bits per heavy atom. The predicted octanol–water partition coefficient (Wildman–Crippen LogP) is 2.07. The van der Waals surface area contributed by atoms with Gasteiger partial charge in [0.2, 0.25) is 5.78 Å². The molecule has 1 saturated heterocycles. The molecule has 8 atom stereocenters. The zero-order valence-corrected chi connectivity index (χ0v) is 22.5. The van der Waals surface area contributed by atoms with Crippen LogP contribution in [0, 0.1) is 22.7 Å². The fourth-order valence-electron chi connectivity index (χ4n) is 8.33. The van der Waals surface area contributed by atoms with Crippen molar-refractivity contribution in [3.8, 4) is 0 Å². The molecule has 0 spiro atoms. The third-order valence-corrected chi connectivity index (χ3v) is 9.86. The van der Waals surface area contributed by atoms with E-state index in [9.17, 15) is 24.3 Å². The summed E-state index contributed by atoms with van der Waals surface area (Å²) in [6, 6.07) is 0. The lowest BCUT2D eigenvalue weighted by atomic mass is 9.44. The minimum atomic E-state index is -2.08. The van der Waals surface area contributed by atoms with Crippen molar-refractivity contribution in [1.29, 1.82) is 0 Å². The number of alkyl halides is 1. The van der Waals surface area contributed by atoms with Gasteiger partial charge in [0.1, 0.15) is 13.2 Å². The first-order valence-corrected chi connectivity index (χ1v) is 13.3. The van der Waals surface area contributed by atoms with E-state index in [1.54, 1.807) is 26.8 Å². The number of carbonyl (C=O) groups is 4. The van der Waals surface area contributed by atoms with Crippen LogP contribution in [0.3, 0.4) is 0 Å². The number of esters is 1. The van der Waals surface area contributed by atoms with Gasteiger partial charge >= 0.3 is 11.9 Å². The Labute approximate surface area is 225 Å². The maximum atomic E-state index is 17.4. The number of aliphatic carboxylic acids is 1. The standard InChI is InChI=1S/C28H35FO10/c1-24(2)38-21-10-18-17-6-5-15-9-16(30)7-8-25(15,3)27(17,29)19(31)11-26(18,4)28(21,39-24)20(32)12-37-23(35)14-36-13-22(33)34/h7-9,17-19,21,31H,5-6,10-14H2,1-4H3,(H,33,34)/t17-,18-,19-,21+,25-,26-,27-,28+/m0/s1. The van der Waals surface area contributed by atoms with E-state index in [2.05, 4.69) is 0 Å². The normalized spacial score (nSPS) is 43.5. The molecule has 1 heterocycles. The number of halogens is 1. The summed E-state index contributed by atoms with van der Waals surface area (Å²) >= 11 is 0. The lowest BCUT2D eigenvalue weighted by Crippen LogP contribution is -2.70. The summed E-state index contributed by atoms with van der Waals surface area (Å²) < 4.78 is 39.8. The van der Waals surface area contributed by atoms with Crippen LogP contribution >= 0.6 is 0 Å². The van der Waals surface area contributed by atoms with Crippen molar-refractivity contribution in [2.75, 3.05) is 19.8 Å². The monoisotopic (exact) mass is 550 g/mol. The summed E-state index contributed by atoms with van der Waals surface area (Å²) in [5, 5.41) is 20.2. The van der Waals surface area contributed by atoms with Crippen molar-refractivity contribution >= 4 is 23.5 Å². The zero-order chi connectivity index (χ0) is 28.6. The van der Waals surface area contributed by atoms with Gasteiger partial charge < -0.3 is 29.2 Å². The molecule has 0 bridgehead atoms. The molecule has 11 heteroatoms. The number of hydrogen-bond acceptors (Lipinski definition) is 9. The number of ketones is 2. The molecule has 3 saturated carbocycles.